The van der Waals surface area contributed by atoms with Gasteiger partial charge < -0.3 is 9.47 Å². The van der Waals surface area contributed by atoms with Crippen LogP contribution in [-0.4, -0.2) is 34.2 Å². The van der Waals surface area contributed by atoms with Gasteiger partial charge in [-0.25, -0.2) is 0 Å². The van der Waals surface area contributed by atoms with Crippen LogP contribution >= 0.6 is 0 Å². The number of amides is 1. The van der Waals surface area contributed by atoms with E-state index in [1.54, 1.807) is 16.8 Å². The van der Waals surface area contributed by atoms with Crippen molar-refractivity contribution in [3.63, 3.8) is 0 Å². The normalized spacial score (nSPS) is 15.7. The Balaban J connectivity index is 1.94. The zero-order valence-corrected chi connectivity index (χ0v) is 10.9. The number of likely N-dealkylation sites (tertiary alicyclic amines) is 1. The van der Waals surface area contributed by atoms with Crippen LogP contribution in [0.1, 0.15) is 43.0 Å². The molecule has 0 aliphatic carbocycles. The summed E-state index contributed by atoms with van der Waals surface area (Å²) < 4.78 is 1.81. The molecule has 0 atom stereocenters. The number of Topliss-reactive ketones (excluding diaryl/α,β-unsaturated/α-hetero) is 1. The van der Waals surface area contributed by atoms with Crippen molar-refractivity contribution in [1.29, 1.82) is 0 Å². The first kappa shape index (κ1) is 12.9. The van der Waals surface area contributed by atoms with Gasteiger partial charge in [-0.2, -0.15) is 0 Å². The minimum Gasteiger partial charge on any atom is -0.344 e. The molecule has 0 bridgehead atoms. The summed E-state index contributed by atoms with van der Waals surface area (Å²) in [5, 5.41) is 0. The number of carbonyl (C=O) groups is 2. The molecule has 1 aliphatic heterocycles. The molecule has 0 N–H and O–H groups in total. The minimum atomic E-state index is 0.124. The van der Waals surface area contributed by atoms with Crippen LogP contribution in [0.4, 0.5) is 0 Å². The predicted molar refractivity (Wildman–Crippen MR) is 69.5 cm³/mol. The SMILES string of the molecule is CCC(=O)c1ccn(CC(=O)N2CCCCC2)c1. The lowest BCUT2D eigenvalue weighted by molar-refractivity contribution is -0.132. The first-order chi connectivity index (χ1) is 8.70. The second-order valence-corrected chi connectivity index (χ2v) is 4.79. The van der Waals surface area contributed by atoms with Crippen LogP contribution in [0, 0.1) is 0 Å². The topological polar surface area (TPSA) is 42.3 Å². The Morgan fingerprint density at radius 2 is 1.94 bits per heavy atom. The molecule has 0 radical (unpaired) electrons. The maximum Gasteiger partial charge on any atom is 0.242 e. The zero-order chi connectivity index (χ0) is 13.0. The molecule has 4 nitrogen and oxygen atoms in total. The number of ketones is 1. The van der Waals surface area contributed by atoms with Crippen molar-refractivity contribution >= 4 is 11.7 Å². The van der Waals surface area contributed by atoms with E-state index in [4.69, 9.17) is 0 Å². The number of nitrogens with zero attached hydrogens (tertiary/aromatic N) is 2. The summed E-state index contributed by atoms with van der Waals surface area (Å²) >= 11 is 0. The van der Waals surface area contributed by atoms with Crippen LogP contribution in [0.3, 0.4) is 0 Å². The largest absolute Gasteiger partial charge is 0.344 e. The maximum atomic E-state index is 12.0. The predicted octanol–water partition coefficient (Wildman–Crippen LogP) is 2.09. The van der Waals surface area contributed by atoms with E-state index in [1.165, 1.54) is 6.42 Å². The highest BCUT2D eigenvalue weighted by Gasteiger charge is 2.16. The van der Waals surface area contributed by atoms with Gasteiger partial charge in [-0.15, -0.1) is 0 Å². The summed E-state index contributed by atoms with van der Waals surface area (Å²) in [5.74, 6) is 0.278. The van der Waals surface area contributed by atoms with Gasteiger partial charge in [-0.05, 0) is 25.3 Å². The molecule has 4 heteroatoms. The maximum absolute atomic E-state index is 12.0. The molecule has 1 saturated heterocycles. The monoisotopic (exact) mass is 248 g/mol. The number of carbonyl (C=O) groups excluding carboxylic acids is 2. The van der Waals surface area contributed by atoms with Crippen molar-refractivity contribution in [3.05, 3.63) is 24.0 Å². The molecule has 18 heavy (non-hydrogen) atoms. The van der Waals surface area contributed by atoms with Gasteiger partial charge in [0.15, 0.2) is 5.78 Å². The smallest absolute Gasteiger partial charge is 0.242 e. The van der Waals surface area contributed by atoms with Gasteiger partial charge in [0.05, 0.1) is 0 Å². The Morgan fingerprint density at radius 3 is 2.61 bits per heavy atom. The van der Waals surface area contributed by atoms with E-state index in [0.717, 1.165) is 25.9 Å². The third kappa shape index (κ3) is 3.00. The molecular formula is C14H20N2O2. The average Bonchev–Trinajstić information content (AvgIpc) is 2.87. The Morgan fingerprint density at radius 1 is 1.22 bits per heavy atom. The fraction of sp³-hybridized carbons (Fsp3) is 0.571. The number of hydrogen-bond donors (Lipinski definition) is 0. The Bertz CT molecular complexity index is 431. The van der Waals surface area contributed by atoms with E-state index in [1.807, 2.05) is 18.0 Å². The molecule has 1 amide bonds. The Labute approximate surface area is 108 Å². The molecule has 2 rings (SSSR count). The molecule has 0 unspecified atom stereocenters. The van der Waals surface area contributed by atoms with Gasteiger partial charge in [0.25, 0.3) is 0 Å². The van der Waals surface area contributed by atoms with Crippen LogP contribution in [0.2, 0.25) is 0 Å². The minimum absolute atomic E-state index is 0.124. The van der Waals surface area contributed by atoms with Crippen molar-refractivity contribution in [2.45, 2.75) is 39.2 Å². The molecule has 1 aliphatic rings. The van der Waals surface area contributed by atoms with Gasteiger partial charge in [0.2, 0.25) is 5.91 Å². The Hall–Kier alpha value is -1.58. The fourth-order valence-electron chi connectivity index (χ4n) is 2.31. The van der Waals surface area contributed by atoms with Crippen molar-refractivity contribution in [2.75, 3.05) is 13.1 Å². The lowest BCUT2D eigenvalue weighted by atomic mass is 10.1. The van der Waals surface area contributed by atoms with Crippen LogP contribution < -0.4 is 0 Å². The lowest BCUT2D eigenvalue weighted by Crippen LogP contribution is -2.37. The highest BCUT2D eigenvalue weighted by molar-refractivity contribution is 5.95. The van der Waals surface area contributed by atoms with Gasteiger partial charge in [0.1, 0.15) is 6.54 Å². The molecule has 1 aromatic rings. The third-order valence-corrected chi connectivity index (χ3v) is 3.42. The van der Waals surface area contributed by atoms with E-state index < -0.39 is 0 Å². The summed E-state index contributed by atoms with van der Waals surface area (Å²) in [7, 11) is 0. The van der Waals surface area contributed by atoms with E-state index in [9.17, 15) is 9.59 Å². The first-order valence-corrected chi connectivity index (χ1v) is 6.67. The summed E-state index contributed by atoms with van der Waals surface area (Å²) in [5.41, 5.74) is 0.698. The highest BCUT2D eigenvalue weighted by Crippen LogP contribution is 2.10. The number of hydrogen-bond acceptors (Lipinski definition) is 2. The van der Waals surface area contributed by atoms with E-state index >= 15 is 0 Å². The lowest BCUT2D eigenvalue weighted by Gasteiger charge is -2.26. The van der Waals surface area contributed by atoms with Crippen LogP contribution in [0.25, 0.3) is 0 Å². The van der Waals surface area contributed by atoms with Crippen molar-refractivity contribution in [1.82, 2.24) is 9.47 Å². The molecule has 98 valence electrons. The molecule has 1 fully saturated rings. The van der Waals surface area contributed by atoms with E-state index in [0.29, 0.717) is 18.5 Å². The van der Waals surface area contributed by atoms with E-state index in [2.05, 4.69) is 0 Å². The summed E-state index contributed by atoms with van der Waals surface area (Å²) in [4.78, 5) is 25.5. The molecule has 0 aromatic carbocycles. The Kier molecular flexibility index (Phi) is 4.18. The van der Waals surface area contributed by atoms with Crippen LogP contribution in [0.5, 0.6) is 0 Å². The standard InChI is InChI=1S/C14H20N2O2/c1-2-13(17)12-6-9-15(10-12)11-14(18)16-7-4-3-5-8-16/h6,9-10H,2-5,7-8,11H2,1H3. The first-order valence-electron chi connectivity index (χ1n) is 6.67. The summed E-state index contributed by atoms with van der Waals surface area (Å²) in [6.45, 7) is 3.94. The number of rotatable bonds is 4. The van der Waals surface area contributed by atoms with E-state index in [-0.39, 0.29) is 11.7 Å². The van der Waals surface area contributed by atoms with Crippen molar-refractivity contribution in [3.8, 4) is 0 Å². The van der Waals surface area contributed by atoms with Crippen molar-refractivity contribution in [2.24, 2.45) is 0 Å². The molecular weight excluding hydrogens is 228 g/mol. The zero-order valence-electron chi connectivity index (χ0n) is 10.9. The van der Waals surface area contributed by atoms with Gasteiger partial charge >= 0.3 is 0 Å². The fourth-order valence-corrected chi connectivity index (χ4v) is 2.31. The van der Waals surface area contributed by atoms with Crippen LogP contribution in [0.15, 0.2) is 18.5 Å². The molecule has 2 heterocycles. The second kappa shape index (κ2) is 5.85. The summed E-state index contributed by atoms with van der Waals surface area (Å²) in [6, 6.07) is 1.79. The summed E-state index contributed by atoms with van der Waals surface area (Å²) in [6.07, 6.45) is 7.53. The molecule has 1 aromatic heterocycles. The van der Waals surface area contributed by atoms with Crippen LogP contribution in [-0.2, 0) is 11.3 Å². The molecule has 0 spiro atoms. The third-order valence-electron chi connectivity index (χ3n) is 3.42. The van der Waals surface area contributed by atoms with Gasteiger partial charge in [-0.1, -0.05) is 6.92 Å². The quantitative estimate of drug-likeness (QED) is 0.766. The van der Waals surface area contributed by atoms with Gasteiger partial charge in [0, 0.05) is 37.5 Å². The number of aromatic nitrogens is 1. The highest BCUT2D eigenvalue weighted by atomic mass is 16.2. The number of piperidine rings is 1. The average molecular weight is 248 g/mol. The van der Waals surface area contributed by atoms with Crippen molar-refractivity contribution < 1.29 is 9.59 Å². The van der Waals surface area contributed by atoms with Gasteiger partial charge in [-0.3, -0.25) is 9.59 Å². The molecule has 0 saturated carbocycles. The second-order valence-electron chi connectivity index (χ2n) is 4.79.